The van der Waals surface area contributed by atoms with Crippen LogP contribution in [0.5, 0.6) is 0 Å². The minimum absolute atomic E-state index is 0.675. The quantitative estimate of drug-likeness (QED) is 0.598. The van der Waals surface area contributed by atoms with E-state index in [4.69, 9.17) is 11.6 Å². The second-order valence-electron chi connectivity index (χ2n) is 1.91. The Morgan fingerprint density at radius 3 is 2.20 bits per heavy atom. The summed E-state index contributed by atoms with van der Waals surface area (Å²) in [5.74, 6) is 0. The summed E-state index contributed by atoms with van der Waals surface area (Å²) in [5.41, 5.74) is 0. The van der Waals surface area contributed by atoms with Crippen LogP contribution in [0.1, 0.15) is 0 Å². The Morgan fingerprint density at radius 1 is 1.30 bits per heavy atom. The van der Waals surface area contributed by atoms with Gasteiger partial charge in [-0.3, -0.25) is 0 Å². The van der Waals surface area contributed by atoms with Crippen molar-refractivity contribution in [2.24, 2.45) is 0 Å². The first-order chi connectivity index (χ1) is 4.70. The summed E-state index contributed by atoms with van der Waals surface area (Å²) in [6, 6.07) is 6.99. The fourth-order valence-corrected chi connectivity index (χ4v) is 1.27. The minimum Gasteiger partial charge on any atom is -0.612 e. The topological polar surface area (TPSA) is 23.1 Å². The largest absolute Gasteiger partial charge is 0.612 e. The number of rotatable bonds is 1. The van der Waals surface area contributed by atoms with Crippen molar-refractivity contribution in [3.8, 4) is 0 Å². The van der Waals surface area contributed by atoms with Gasteiger partial charge in [-0.25, -0.2) is 0 Å². The van der Waals surface area contributed by atoms with Crippen LogP contribution in [0.3, 0.4) is 0 Å². The third kappa shape index (κ3) is 1.90. The van der Waals surface area contributed by atoms with Crippen molar-refractivity contribution >= 4 is 22.8 Å². The zero-order valence-electron chi connectivity index (χ0n) is 5.50. The van der Waals surface area contributed by atoms with Crippen LogP contribution in [0.25, 0.3) is 0 Å². The highest BCUT2D eigenvalue weighted by Gasteiger charge is 2.00. The molecule has 54 valence electrons. The smallest absolute Gasteiger partial charge is 0.152 e. The first-order valence-corrected chi connectivity index (χ1v) is 4.73. The zero-order valence-corrected chi connectivity index (χ0v) is 7.08. The van der Waals surface area contributed by atoms with E-state index in [-0.39, 0.29) is 0 Å². The number of hydrogen-bond acceptors (Lipinski definition) is 1. The fourth-order valence-electron chi connectivity index (χ4n) is 0.626. The van der Waals surface area contributed by atoms with E-state index < -0.39 is 11.2 Å². The Bertz CT molecular complexity index is 207. The molecule has 1 rings (SSSR count). The Balaban J connectivity index is 2.89. The lowest BCUT2D eigenvalue weighted by molar-refractivity contribution is 0.601. The summed E-state index contributed by atoms with van der Waals surface area (Å²) in [6.45, 7) is 0. The number of hydrogen-bond donors (Lipinski definition) is 0. The van der Waals surface area contributed by atoms with Crippen LogP contribution in [0.2, 0.25) is 5.02 Å². The Morgan fingerprint density at radius 2 is 1.80 bits per heavy atom. The van der Waals surface area contributed by atoms with Crippen molar-refractivity contribution in [2.45, 2.75) is 4.90 Å². The maximum absolute atomic E-state index is 10.8. The molecule has 0 spiro atoms. The molecule has 0 aliphatic carbocycles. The highest BCUT2D eigenvalue weighted by Crippen LogP contribution is 2.13. The van der Waals surface area contributed by atoms with E-state index in [1.54, 1.807) is 30.5 Å². The molecule has 1 nitrogen and oxygen atoms in total. The molecule has 1 aromatic carbocycles. The van der Waals surface area contributed by atoms with Gasteiger partial charge < -0.3 is 4.55 Å². The molecule has 3 heteroatoms. The van der Waals surface area contributed by atoms with Gasteiger partial charge in [0.05, 0.1) is 0 Å². The van der Waals surface area contributed by atoms with Crippen molar-refractivity contribution in [3.05, 3.63) is 29.3 Å². The van der Waals surface area contributed by atoms with E-state index in [1.807, 2.05) is 0 Å². The lowest BCUT2D eigenvalue weighted by atomic mass is 10.4. The first kappa shape index (κ1) is 7.92. The zero-order chi connectivity index (χ0) is 7.56. The van der Waals surface area contributed by atoms with Crippen LogP contribution in [-0.4, -0.2) is 10.8 Å². The van der Waals surface area contributed by atoms with Crippen molar-refractivity contribution in [3.63, 3.8) is 0 Å². The standard InChI is InChI=1S/C7H7ClOS/c1-10(9)7-4-2-6(8)3-5-7/h2-5H,1H3/t10-/m1/s1. The maximum atomic E-state index is 10.8. The van der Waals surface area contributed by atoms with E-state index >= 15 is 0 Å². The van der Waals surface area contributed by atoms with E-state index in [0.717, 1.165) is 4.90 Å². The van der Waals surface area contributed by atoms with Gasteiger partial charge in [0.1, 0.15) is 6.26 Å². The van der Waals surface area contributed by atoms with Crippen LogP contribution in [0.15, 0.2) is 29.2 Å². The molecule has 0 fully saturated rings. The van der Waals surface area contributed by atoms with Gasteiger partial charge in [0.25, 0.3) is 0 Å². The van der Waals surface area contributed by atoms with Crippen LogP contribution in [0.4, 0.5) is 0 Å². The number of halogens is 1. The van der Waals surface area contributed by atoms with Gasteiger partial charge in [0, 0.05) is 5.02 Å². The summed E-state index contributed by atoms with van der Waals surface area (Å²) in [6.07, 6.45) is 1.64. The molecule has 0 bridgehead atoms. The molecular formula is C7H7ClOS. The summed E-state index contributed by atoms with van der Waals surface area (Å²) >= 11 is 4.72. The second-order valence-corrected chi connectivity index (χ2v) is 3.72. The first-order valence-electron chi connectivity index (χ1n) is 2.79. The van der Waals surface area contributed by atoms with E-state index in [9.17, 15) is 4.55 Å². The molecular weight excluding hydrogens is 168 g/mol. The van der Waals surface area contributed by atoms with Crippen molar-refractivity contribution in [1.82, 2.24) is 0 Å². The summed E-state index contributed by atoms with van der Waals surface area (Å²) in [7, 11) is 0. The van der Waals surface area contributed by atoms with E-state index in [0.29, 0.717) is 5.02 Å². The molecule has 0 radical (unpaired) electrons. The van der Waals surface area contributed by atoms with Crippen LogP contribution in [0, 0.1) is 0 Å². The van der Waals surface area contributed by atoms with Crippen LogP contribution >= 0.6 is 11.6 Å². The van der Waals surface area contributed by atoms with E-state index in [2.05, 4.69) is 0 Å². The van der Waals surface area contributed by atoms with Gasteiger partial charge in [0.2, 0.25) is 0 Å². The average molecular weight is 175 g/mol. The van der Waals surface area contributed by atoms with Gasteiger partial charge >= 0.3 is 0 Å². The minimum atomic E-state index is -0.896. The Hall–Kier alpha value is -0.180. The van der Waals surface area contributed by atoms with Crippen molar-refractivity contribution in [2.75, 3.05) is 6.26 Å². The maximum Gasteiger partial charge on any atom is 0.152 e. The lowest BCUT2D eigenvalue weighted by Gasteiger charge is -2.02. The van der Waals surface area contributed by atoms with Crippen LogP contribution < -0.4 is 0 Å². The molecule has 10 heavy (non-hydrogen) atoms. The predicted molar refractivity (Wildman–Crippen MR) is 43.8 cm³/mol. The highest BCUT2D eigenvalue weighted by atomic mass is 35.5. The van der Waals surface area contributed by atoms with Gasteiger partial charge in [-0.05, 0) is 35.4 Å². The van der Waals surface area contributed by atoms with Gasteiger partial charge in [0.15, 0.2) is 4.90 Å². The van der Waals surface area contributed by atoms with Gasteiger partial charge in [-0.15, -0.1) is 0 Å². The number of benzene rings is 1. The summed E-state index contributed by atoms with van der Waals surface area (Å²) in [5, 5.41) is 0.675. The Labute approximate surface area is 68.2 Å². The SMILES string of the molecule is C[S@@+]([O-])c1ccc(Cl)cc1. The summed E-state index contributed by atoms with van der Waals surface area (Å²) < 4.78 is 10.8. The second kappa shape index (κ2) is 3.28. The molecule has 0 amide bonds. The molecule has 1 atom stereocenters. The predicted octanol–water partition coefficient (Wildman–Crippen LogP) is 2.08. The molecule has 0 aromatic heterocycles. The van der Waals surface area contributed by atoms with E-state index in [1.165, 1.54) is 0 Å². The average Bonchev–Trinajstić information content (AvgIpc) is 1.88. The molecule has 1 aromatic rings. The highest BCUT2D eigenvalue weighted by molar-refractivity contribution is 7.90. The van der Waals surface area contributed by atoms with Crippen molar-refractivity contribution < 1.29 is 4.55 Å². The molecule has 0 aliphatic rings. The third-order valence-electron chi connectivity index (χ3n) is 1.15. The molecule has 0 aliphatic heterocycles. The summed E-state index contributed by atoms with van der Waals surface area (Å²) in [4.78, 5) is 0.810. The third-order valence-corrected chi connectivity index (χ3v) is 2.33. The van der Waals surface area contributed by atoms with Gasteiger partial charge in [-0.1, -0.05) is 11.6 Å². The normalized spacial score (nSPS) is 13.1. The van der Waals surface area contributed by atoms with Crippen molar-refractivity contribution in [1.29, 1.82) is 0 Å². The fraction of sp³-hybridized carbons (Fsp3) is 0.143. The Kier molecular flexibility index (Phi) is 2.60. The van der Waals surface area contributed by atoms with Crippen LogP contribution in [-0.2, 0) is 11.2 Å². The molecule has 0 unspecified atom stereocenters. The monoisotopic (exact) mass is 174 g/mol. The molecule has 0 saturated heterocycles. The molecule has 0 heterocycles. The molecule has 0 saturated carbocycles. The molecule has 0 N–H and O–H groups in total. The van der Waals surface area contributed by atoms with Gasteiger partial charge in [-0.2, -0.15) is 0 Å². The lowest BCUT2D eigenvalue weighted by Crippen LogP contribution is -1.95.